The first-order chi connectivity index (χ1) is 10.6. The predicted molar refractivity (Wildman–Crippen MR) is 78.8 cm³/mol. The average Bonchev–Trinajstić information content (AvgIpc) is 2.45. The standard InChI is InChI=1S/C16H21F3N2O2/c1-15(2,3)23-14(22)21-9-5-4-6-13(21)12-8-7-11(10-20-12)16(17,18)19/h7-8,10,13H,4-6,9H2,1-3H3. The summed E-state index contributed by atoms with van der Waals surface area (Å²) in [5.41, 5.74) is -0.948. The summed E-state index contributed by atoms with van der Waals surface area (Å²) < 4.78 is 43.3. The second kappa shape index (κ2) is 6.37. The highest BCUT2D eigenvalue weighted by atomic mass is 19.4. The molecule has 7 heteroatoms. The van der Waals surface area contributed by atoms with Gasteiger partial charge >= 0.3 is 12.3 Å². The van der Waals surface area contributed by atoms with Crippen molar-refractivity contribution in [3.8, 4) is 0 Å². The molecule has 1 saturated heterocycles. The SMILES string of the molecule is CC(C)(C)OC(=O)N1CCCCC1c1ccc(C(F)(F)F)cn1. The molecule has 1 aromatic heterocycles. The van der Waals surface area contributed by atoms with Crippen LogP contribution in [0.5, 0.6) is 0 Å². The minimum atomic E-state index is -4.41. The van der Waals surface area contributed by atoms with Crippen molar-refractivity contribution in [2.45, 2.75) is 57.9 Å². The van der Waals surface area contributed by atoms with Crippen LogP contribution < -0.4 is 0 Å². The van der Waals surface area contributed by atoms with E-state index in [1.165, 1.54) is 6.07 Å². The van der Waals surface area contributed by atoms with Crippen molar-refractivity contribution in [1.29, 1.82) is 0 Å². The maximum atomic E-state index is 12.6. The number of nitrogens with zero attached hydrogens (tertiary/aromatic N) is 2. The Bertz CT molecular complexity index is 550. The van der Waals surface area contributed by atoms with Crippen LogP contribution in [-0.2, 0) is 10.9 Å². The van der Waals surface area contributed by atoms with E-state index in [0.717, 1.165) is 25.1 Å². The maximum absolute atomic E-state index is 12.6. The largest absolute Gasteiger partial charge is 0.444 e. The summed E-state index contributed by atoms with van der Waals surface area (Å²) in [6, 6.07) is 2.00. The van der Waals surface area contributed by atoms with Gasteiger partial charge < -0.3 is 4.74 Å². The van der Waals surface area contributed by atoms with E-state index in [0.29, 0.717) is 18.7 Å². The van der Waals surface area contributed by atoms with Crippen molar-refractivity contribution in [3.05, 3.63) is 29.6 Å². The molecule has 0 aliphatic carbocycles. The lowest BCUT2D eigenvalue weighted by atomic mass is 9.99. The highest BCUT2D eigenvalue weighted by Crippen LogP contribution is 2.33. The van der Waals surface area contributed by atoms with Crippen LogP contribution in [0.15, 0.2) is 18.3 Å². The minimum Gasteiger partial charge on any atom is -0.444 e. The third kappa shape index (κ3) is 4.59. The van der Waals surface area contributed by atoms with Gasteiger partial charge in [-0.05, 0) is 52.2 Å². The van der Waals surface area contributed by atoms with Crippen molar-refractivity contribution >= 4 is 6.09 Å². The van der Waals surface area contributed by atoms with Crippen LogP contribution in [0.4, 0.5) is 18.0 Å². The van der Waals surface area contributed by atoms with E-state index in [-0.39, 0.29) is 6.04 Å². The normalized spacial score (nSPS) is 19.6. The summed E-state index contributed by atoms with van der Waals surface area (Å²) in [5, 5.41) is 0. The molecular formula is C16H21F3N2O2. The lowest BCUT2D eigenvalue weighted by Crippen LogP contribution is -2.42. The molecule has 0 saturated carbocycles. The Labute approximate surface area is 133 Å². The smallest absolute Gasteiger partial charge is 0.417 e. The lowest BCUT2D eigenvalue weighted by molar-refractivity contribution is -0.137. The number of ether oxygens (including phenoxy) is 1. The Balaban J connectivity index is 2.19. The Hall–Kier alpha value is -1.79. The molecule has 0 spiro atoms. The Kier molecular flexibility index (Phi) is 4.87. The van der Waals surface area contributed by atoms with Crippen LogP contribution in [0.3, 0.4) is 0 Å². The molecule has 4 nitrogen and oxygen atoms in total. The summed E-state index contributed by atoms with van der Waals surface area (Å²) in [7, 11) is 0. The van der Waals surface area contributed by atoms with E-state index in [2.05, 4.69) is 4.98 Å². The molecule has 1 aromatic rings. The third-order valence-electron chi connectivity index (χ3n) is 3.59. The predicted octanol–water partition coefficient (Wildman–Crippen LogP) is 4.56. The van der Waals surface area contributed by atoms with Gasteiger partial charge in [-0.3, -0.25) is 9.88 Å². The molecule has 0 N–H and O–H groups in total. The number of aromatic nitrogens is 1. The monoisotopic (exact) mass is 330 g/mol. The van der Waals surface area contributed by atoms with Crippen LogP contribution >= 0.6 is 0 Å². The Morgan fingerprint density at radius 1 is 1.26 bits per heavy atom. The van der Waals surface area contributed by atoms with Crippen molar-refractivity contribution < 1.29 is 22.7 Å². The van der Waals surface area contributed by atoms with Crippen molar-refractivity contribution in [2.75, 3.05) is 6.54 Å². The van der Waals surface area contributed by atoms with E-state index >= 15 is 0 Å². The Morgan fingerprint density at radius 2 is 1.96 bits per heavy atom. The molecule has 23 heavy (non-hydrogen) atoms. The summed E-state index contributed by atoms with van der Waals surface area (Å²) in [4.78, 5) is 17.8. The number of halogens is 3. The molecule has 1 atom stereocenters. The quantitative estimate of drug-likeness (QED) is 0.758. The number of carbonyl (C=O) groups excluding carboxylic acids is 1. The minimum absolute atomic E-state index is 0.346. The number of hydrogen-bond acceptors (Lipinski definition) is 3. The maximum Gasteiger partial charge on any atom is 0.417 e. The van der Waals surface area contributed by atoms with Gasteiger partial charge in [-0.25, -0.2) is 4.79 Å². The van der Waals surface area contributed by atoms with Crippen LogP contribution in [0.25, 0.3) is 0 Å². The number of piperidine rings is 1. The number of pyridine rings is 1. The van der Waals surface area contributed by atoms with Gasteiger partial charge in [0.15, 0.2) is 0 Å². The average molecular weight is 330 g/mol. The lowest BCUT2D eigenvalue weighted by Gasteiger charge is -2.36. The first kappa shape index (κ1) is 17.6. The highest BCUT2D eigenvalue weighted by molar-refractivity contribution is 5.69. The first-order valence-electron chi connectivity index (χ1n) is 7.61. The topological polar surface area (TPSA) is 42.4 Å². The number of carbonyl (C=O) groups is 1. The molecule has 0 bridgehead atoms. The van der Waals surface area contributed by atoms with Gasteiger partial charge in [-0.15, -0.1) is 0 Å². The van der Waals surface area contributed by atoms with E-state index in [1.807, 2.05) is 0 Å². The molecule has 1 aliphatic heterocycles. The van der Waals surface area contributed by atoms with Gasteiger partial charge in [0.2, 0.25) is 0 Å². The number of hydrogen-bond donors (Lipinski definition) is 0. The van der Waals surface area contributed by atoms with E-state index < -0.39 is 23.4 Å². The number of rotatable bonds is 1. The zero-order chi connectivity index (χ0) is 17.3. The zero-order valence-electron chi connectivity index (χ0n) is 13.5. The number of likely N-dealkylation sites (tertiary alicyclic amines) is 1. The fraction of sp³-hybridized carbons (Fsp3) is 0.625. The van der Waals surface area contributed by atoms with E-state index in [4.69, 9.17) is 4.74 Å². The fourth-order valence-electron chi connectivity index (χ4n) is 2.55. The molecular weight excluding hydrogens is 309 g/mol. The number of alkyl halides is 3. The fourth-order valence-corrected chi connectivity index (χ4v) is 2.55. The summed E-state index contributed by atoms with van der Waals surface area (Å²) in [6.07, 6.45) is -1.65. The van der Waals surface area contributed by atoms with Gasteiger partial charge in [-0.1, -0.05) is 0 Å². The van der Waals surface area contributed by atoms with Crippen LogP contribution in [0.1, 0.15) is 57.3 Å². The highest BCUT2D eigenvalue weighted by Gasteiger charge is 2.34. The molecule has 1 aliphatic rings. The molecule has 2 heterocycles. The summed E-state index contributed by atoms with van der Waals surface area (Å²) >= 11 is 0. The molecule has 1 unspecified atom stereocenters. The van der Waals surface area contributed by atoms with Gasteiger partial charge in [0.05, 0.1) is 17.3 Å². The second-order valence-electron chi connectivity index (χ2n) is 6.65. The van der Waals surface area contributed by atoms with Crippen LogP contribution in [0, 0.1) is 0 Å². The Morgan fingerprint density at radius 3 is 2.48 bits per heavy atom. The van der Waals surface area contributed by atoms with Crippen LogP contribution in [0.2, 0.25) is 0 Å². The summed E-state index contributed by atoms with van der Waals surface area (Å²) in [5.74, 6) is 0. The van der Waals surface area contributed by atoms with Gasteiger partial charge in [0, 0.05) is 12.7 Å². The van der Waals surface area contributed by atoms with Gasteiger partial charge in [0.1, 0.15) is 5.60 Å². The van der Waals surface area contributed by atoms with E-state index in [1.54, 1.807) is 25.7 Å². The van der Waals surface area contributed by atoms with E-state index in [9.17, 15) is 18.0 Å². The second-order valence-corrected chi connectivity index (χ2v) is 6.65. The number of amides is 1. The van der Waals surface area contributed by atoms with Crippen LogP contribution in [-0.4, -0.2) is 28.1 Å². The zero-order valence-corrected chi connectivity index (χ0v) is 13.5. The van der Waals surface area contributed by atoms with Crippen molar-refractivity contribution in [1.82, 2.24) is 9.88 Å². The molecule has 1 amide bonds. The molecule has 0 radical (unpaired) electrons. The van der Waals surface area contributed by atoms with Crippen molar-refractivity contribution in [3.63, 3.8) is 0 Å². The summed E-state index contributed by atoms with van der Waals surface area (Å²) in [6.45, 7) is 5.85. The van der Waals surface area contributed by atoms with Gasteiger partial charge in [-0.2, -0.15) is 13.2 Å². The molecule has 1 fully saturated rings. The molecule has 128 valence electrons. The molecule has 2 rings (SSSR count). The molecule has 0 aromatic carbocycles. The first-order valence-corrected chi connectivity index (χ1v) is 7.61. The van der Waals surface area contributed by atoms with Gasteiger partial charge in [0.25, 0.3) is 0 Å². The third-order valence-corrected chi connectivity index (χ3v) is 3.59. The van der Waals surface area contributed by atoms with Crippen molar-refractivity contribution in [2.24, 2.45) is 0 Å².